The van der Waals surface area contributed by atoms with E-state index in [1.54, 1.807) is 0 Å². The topological polar surface area (TPSA) is 8.81 Å². The highest BCUT2D eigenvalue weighted by molar-refractivity contribution is 5.64. The minimum absolute atomic E-state index is 0.726. The molecule has 36 heavy (non-hydrogen) atoms. The van der Waals surface area contributed by atoms with Crippen LogP contribution in [0.3, 0.4) is 0 Å². The average Bonchev–Trinajstić information content (AvgIpc) is 3.04. The van der Waals surface area contributed by atoms with Crippen LogP contribution in [0.25, 0.3) is 11.4 Å². The van der Waals surface area contributed by atoms with Crippen LogP contribution in [-0.4, -0.2) is 4.57 Å². The van der Waals surface area contributed by atoms with Crippen LogP contribution in [0.15, 0.2) is 36.4 Å². The summed E-state index contributed by atoms with van der Waals surface area (Å²) in [4.78, 5) is 0. The molecule has 2 heteroatoms. The lowest BCUT2D eigenvalue weighted by molar-refractivity contribution is -0.691. The number of aryl methyl sites for hydroxylation is 4. The van der Waals surface area contributed by atoms with Crippen molar-refractivity contribution in [2.45, 2.75) is 120 Å². The van der Waals surface area contributed by atoms with Gasteiger partial charge in [-0.1, -0.05) is 75.6 Å². The fraction of sp³-hybridized carbons (Fsp3) is 0.559. The summed E-state index contributed by atoms with van der Waals surface area (Å²) >= 11 is 0. The van der Waals surface area contributed by atoms with Crippen molar-refractivity contribution in [3.63, 3.8) is 0 Å². The standard InChI is InChI=1S/C34H51N2/c1-9-10-20-35-29(7)30(8)36(34(35)33-27(5)23-26(4)24-28(33)6)21-14-12-11-13-15-31-16-18-32(19-17-31)22-25(2)3/h16-19,23-25H,9-15,20-22H2,1-8H3/q+1. The minimum atomic E-state index is 0.726. The third-order valence-electron chi connectivity index (χ3n) is 7.74. The first-order valence-corrected chi connectivity index (χ1v) is 14.5. The fourth-order valence-electron chi connectivity index (χ4n) is 5.79. The molecule has 0 atom stereocenters. The maximum atomic E-state index is 2.63. The van der Waals surface area contributed by atoms with Crippen molar-refractivity contribution in [3.8, 4) is 11.4 Å². The average molecular weight is 488 g/mol. The molecule has 0 radical (unpaired) electrons. The van der Waals surface area contributed by atoms with Crippen molar-refractivity contribution in [2.75, 3.05) is 0 Å². The molecule has 3 rings (SSSR count). The van der Waals surface area contributed by atoms with Crippen LogP contribution < -0.4 is 4.57 Å². The molecule has 0 bridgehead atoms. The second kappa shape index (κ2) is 13.3. The van der Waals surface area contributed by atoms with Crippen molar-refractivity contribution in [1.29, 1.82) is 0 Å². The lowest BCUT2D eigenvalue weighted by Gasteiger charge is -2.12. The van der Waals surface area contributed by atoms with E-state index in [0.29, 0.717) is 0 Å². The summed E-state index contributed by atoms with van der Waals surface area (Å²) in [6, 6.07) is 14.1. The Kier molecular flexibility index (Phi) is 10.4. The molecular weight excluding hydrogens is 436 g/mol. The highest BCUT2D eigenvalue weighted by Crippen LogP contribution is 2.29. The number of benzene rings is 2. The SMILES string of the molecule is CCCCn1c(C)c(C)[n+](CCCCCCc2ccc(CC(C)C)cc2)c1-c1c(C)cc(C)cc1C. The maximum absolute atomic E-state index is 2.63. The normalized spacial score (nSPS) is 11.6. The van der Waals surface area contributed by atoms with Crippen molar-refractivity contribution in [2.24, 2.45) is 5.92 Å². The third-order valence-corrected chi connectivity index (χ3v) is 7.74. The summed E-state index contributed by atoms with van der Waals surface area (Å²) in [7, 11) is 0. The van der Waals surface area contributed by atoms with Gasteiger partial charge in [0.15, 0.2) is 0 Å². The van der Waals surface area contributed by atoms with Crippen molar-refractivity contribution in [3.05, 3.63) is 75.6 Å². The van der Waals surface area contributed by atoms with Gasteiger partial charge in [-0.15, -0.1) is 0 Å². The molecule has 2 nitrogen and oxygen atoms in total. The molecule has 0 saturated carbocycles. The molecule has 2 aromatic carbocycles. The van der Waals surface area contributed by atoms with Gasteiger partial charge in [0.1, 0.15) is 11.4 Å². The number of rotatable bonds is 13. The van der Waals surface area contributed by atoms with Crippen LogP contribution in [0.1, 0.15) is 98.5 Å². The van der Waals surface area contributed by atoms with Crippen molar-refractivity contribution >= 4 is 0 Å². The Hall–Kier alpha value is -2.35. The second-order valence-electron chi connectivity index (χ2n) is 11.5. The smallest absolute Gasteiger partial charge is 0.227 e. The molecule has 0 spiro atoms. The van der Waals surface area contributed by atoms with Gasteiger partial charge in [0.2, 0.25) is 0 Å². The molecule has 0 fully saturated rings. The number of hydrogen-bond donors (Lipinski definition) is 0. The molecule has 1 heterocycles. The Labute approximate surface area is 221 Å². The minimum Gasteiger partial charge on any atom is -0.227 e. The van der Waals surface area contributed by atoms with E-state index < -0.39 is 0 Å². The lowest BCUT2D eigenvalue weighted by atomic mass is 9.98. The van der Waals surface area contributed by atoms with Gasteiger partial charge in [0.05, 0.1) is 18.7 Å². The molecule has 0 aliphatic heterocycles. The molecular formula is C34H51N2+. The van der Waals surface area contributed by atoms with Gasteiger partial charge in [-0.2, -0.15) is 0 Å². The number of aromatic nitrogens is 2. The largest absolute Gasteiger partial charge is 0.289 e. The predicted molar refractivity (Wildman–Crippen MR) is 156 cm³/mol. The zero-order valence-electron chi connectivity index (χ0n) is 24.5. The molecule has 0 N–H and O–H groups in total. The summed E-state index contributed by atoms with van der Waals surface area (Å²) < 4.78 is 5.23. The highest BCUT2D eigenvalue weighted by Gasteiger charge is 2.28. The Morgan fingerprint density at radius 3 is 2.00 bits per heavy atom. The van der Waals surface area contributed by atoms with Crippen LogP contribution in [0.2, 0.25) is 0 Å². The first-order valence-electron chi connectivity index (χ1n) is 14.5. The van der Waals surface area contributed by atoms with Gasteiger partial charge in [-0.05, 0) is 87.5 Å². The predicted octanol–water partition coefficient (Wildman–Crippen LogP) is 8.79. The van der Waals surface area contributed by atoms with E-state index in [2.05, 4.69) is 101 Å². The van der Waals surface area contributed by atoms with Crippen LogP contribution >= 0.6 is 0 Å². The summed E-state index contributed by atoms with van der Waals surface area (Å²) in [5.74, 6) is 2.15. The zero-order chi connectivity index (χ0) is 26.2. The maximum Gasteiger partial charge on any atom is 0.289 e. The Morgan fingerprint density at radius 1 is 0.778 bits per heavy atom. The van der Waals surface area contributed by atoms with Crippen LogP contribution in [0, 0.1) is 40.5 Å². The lowest BCUT2D eigenvalue weighted by Crippen LogP contribution is -2.38. The number of nitrogens with zero attached hydrogens (tertiary/aromatic N) is 2. The van der Waals surface area contributed by atoms with Gasteiger partial charge >= 0.3 is 0 Å². The molecule has 196 valence electrons. The van der Waals surface area contributed by atoms with E-state index >= 15 is 0 Å². The molecule has 0 amide bonds. The number of unbranched alkanes of at least 4 members (excludes halogenated alkanes) is 4. The first-order chi connectivity index (χ1) is 17.2. The van der Waals surface area contributed by atoms with Gasteiger partial charge in [0.25, 0.3) is 5.82 Å². The summed E-state index contributed by atoms with van der Waals surface area (Å²) in [6.45, 7) is 20.5. The van der Waals surface area contributed by atoms with Gasteiger partial charge in [-0.3, -0.25) is 0 Å². The van der Waals surface area contributed by atoms with Gasteiger partial charge in [0, 0.05) is 13.8 Å². The van der Waals surface area contributed by atoms with Crippen LogP contribution in [0.5, 0.6) is 0 Å². The molecule has 0 aliphatic rings. The Balaban J connectivity index is 1.66. The zero-order valence-corrected chi connectivity index (χ0v) is 24.5. The quantitative estimate of drug-likeness (QED) is 0.168. The highest BCUT2D eigenvalue weighted by atomic mass is 15.2. The summed E-state index contributed by atoms with van der Waals surface area (Å²) in [5.41, 5.74) is 11.4. The summed E-state index contributed by atoms with van der Waals surface area (Å²) in [5, 5.41) is 0. The first kappa shape index (κ1) is 28.2. The van der Waals surface area contributed by atoms with E-state index in [9.17, 15) is 0 Å². The Morgan fingerprint density at radius 2 is 1.39 bits per heavy atom. The van der Waals surface area contributed by atoms with E-state index in [4.69, 9.17) is 0 Å². The van der Waals surface area contributed by atoms with Crippen molar-refractivity contribution in [1.82, 2.24) is 4.57 Å². The van der Waals surface area contributed by atoms with E-state index in [1.165, 1.54) is 102 Å². The van der Waals surface area contributed by atoms with E-state index in [1.807, 2.05) is 0 Å². The monoisotopic (exact) mass is 487 g/mol. The molecule has 0 saturated heterocycles. The van der Waals surface area contributed by atoms with Crippen LogP contribution in [-0.2, 0) is 25.9 Å². The molecule has 1 aromatic heterocycles. The molecule has 3 aromatic rings. The second-order valence-corrected chi connectivity index (χ2v) is 11.5. The molecule has 0 aliphatic carbocycles. The van der Waals surface area contributed by atoms with Crippen LogP contribution in [0.4, 0.5) is 0 Å². The number of imidazole rings is 1. The van der Waals surface area contributed by atoms with Crippen molar-refractivity contribution < 1.29 is 4.57 Å². The molecule has 0 unspecified atom stereocenters. The van der Waals surface area contributed by atoms with Gasteiger partial charge < -0.3 is 0 Å². The number of hydrogen-bond acceptors (Lipinski definition) is 0. The fourth-order valence-corrected chi connectivity index (χ4v) is 5.79. The van der Waals surface area contributed by atoms with Gasteiger partial charge in [-0.25, -0.2) is 9.13 Å². The third kappa shape index (κ3) is 7.11. The Bertz CT molecular complexity index is 1090. The van der Waals surface area contributed by atoms with E-state index in [0.717, 1.165) is 19.0 Å². The van der Waals surface area contributed by atoms with E-state index in [-0.39, 0.29) is 0 Å². The summed E-state index contributed by atoms with van der Waals surface area (Å²) in [6.07, 6.45) is 9.96.